The van der Waals surface area contributed by atoms with Crippen LogP contribution >= 0.6 is 0 Å². The van der Waals surface area contributed by atoms with Gasteiger partial charge < -0.3 is 58.7 Å². The maximum atomic E-state index is 13.4. The molecule has 0 unspecified atom stereocenters. The standard InChI is InChI=1S/C24H38N8O12/c25-11(3-6-19(37)38)20(39)30-12(4-5-16(26)34)23(42)32-7-1-2-15(32)22(41)31-14(10-33)21(40)28-9-18(36)29-13(24(43)44)8-17(27)35/h11-15,33H,1-10,25H2,(H2,26,34)(H2,27,35)(H,28,40)(H,29,36)(H,30,39)(H,31,41)(H,37,38)(H,43,44)/t11-,12-,13-,14-,15-/m0/s1. The molecule has 0 aromatic carbocycles. The van der Waals surface area contributed by atoms with Crippen LogP contribution in [0, 0.1) is 0 Å². The Morgan fingerprint density at radius 3 is 2.02 bits per heavy atom. The molecule has 0 bridgehead atoms. The number of aliphatic hydroxyl groups is 1. The highest BCUT2D eigenvalue weighted by Gasteiger charge is 2.39. The minimum absolute atomic E-state index is 0.0527. The van der Waals surface area contributed by atoms with E-state index in [2.05, 4.69) is 16.0 Å². The number of aliphatic hydroxyl groups excluding tert-OH is 1. The van der Waals surface area contributed by atoms with E-state index in [0.717, 1.165) is 4.90 Å². The van der Waals surface area contributed by atoms with Crippen LogP contribution in [0.3, 0.4) is 0 Å². The van der Waals surface area contributed by atoms with E-state index in [9.17, 15) is 48.3 Å². The fourth-order valence-electron chi connectivity index (χ4n) is 4.14. The summed E-state index contributed by atoms with van der Waals surface area (Å²) in [5.74, 6) is -9.04. The van der Waals surface area contributed by atoms with Crippen LogP contribution in [0.4, 0.5) is 0 Å². The molecule has 0 aliphatic carbocycles. The number of hydrogen-bond acceptors (Lipinski definition) is 11. The molecule has 1 aliphatic heterocycles. The third-order valence-electron chi connectivity index (χ3n) is 6.42. The highest BCUT2D eigenvalue weighted by Crippen LogP contribution is 2.20. The van der Waals surface area contributed by atoms with E-state index in [4.69, 9.17) is 27.4 Å². The second kappa shape index (κ2) is 18.0. The molecule has 0 aromatic heterocycles. The number of primary amides is 2. The van der Waals surface area contributed by atoms with Crippen LogP contribution < -0.4 is 38.5 Å². The summed E-state index contributed by atoms with van der Waals surface area (Å²) >= 11 is 0. The fourth-order valence-corrected chi connectivity index (χ4v) is 4.14. The van der Waals surface area contributed by atoms with Gasteiger partial charge in [0.25, 0.3) is 0 Å². The minimum Gasteiger partial charge on any atom is -0.481 e. The third kappa shape index (κ3) is 12.6. The Labute approximate surface area is 250 Å². The van der Waals surface area contributed by atoms with Crippen molar-refractivity contribution in [2.24, 2.45) is 17.2 Å². The van der Waals surface area contributed by atoms with Gasteiger partial charge in [-0.05, 0) is 25.7 Å². The average Bonchev–Trinajstić information content (AvgIpc) is 3.44. The summed E-state index contributed by atoms with van der Waals surface area (Å²) in [6.07, 6.45) is -1.44. The van der Waals surface area contributed by atoms with E-state index in [0.29, 0.717) is 6.42 Å². The molecule has 20 nitrogen and oxygen atoms in total. The van der Waals surface area contributed by atoms with Gasteiger partial charge in [0.05, 0.1) is 25.6 Å². The molecule has 0 saturated carbocycles. The topological polar surface area (TPSA) is 344 Å². The first kappa shape index (κ1) is 37.2. The van der Waals surface area contributed by atoms with Gasteiger partial charge in [0, 0.05) is 19.4 Å². The van der Waals surface area contributed by atoms with Crippen LogP contribution in [-0.4, -0.2) is 123 Å². The van der Waals surface area contributed by atoms with Crippen molar-refractivity contribution in [3.05, 3.63) is 0 Å². The normalized spacial score (nSPS) is 16.9. The van der Waals surface area contributed by atoms with Gasteiger partial charge in [-0.1, -0.05) is 0 Å². The zero-order valence-electron chi connectivity index (χ0n) is 23.7. The number of carbonyl (C=O) groups is 9. The first-order valence-electron chi connectivity index (χ1n) is 13.4. The van der Waals surface area contributed by atoms with E-state index >= 15 is 0 Å². The first-order chi connectivity index (χ1) is 20.6. The number of carboxylic acids is 2. The molecule has 1 saturated heterocycles. The molecule has 20 heteroatoms. The van der Waals surface area contributed by atoms with Gasteiger partial charge in [-0.25, -0.2) is 4.79 Å². The lowest BCUT2D eigenvalue weighted by atomic mass is 10.1. The Kier molecular flexibility index (Phi) is 15.2. The second-order valence-corrected chi connectivity index (χ2v) is 9.89. The molecule has 1 fully saturated rings. The number of nitrogens with two attached hydrogens (primary N) is 3. The van der Waals surface area contributed by atoms with Gasteiger partial charge in [0.15, 0.2) is 0 Å². The maximum absolute atomic E-state index is 13.4. The molecule has 1 heterocycles. The van der Waals surface area contributed by atoms with Crippen molar-refractivity contribution in [2.75, 3.05) is 19.7 Å². The number of nitrogens with zero attached hydrogens (tertiary/aromatic N) is 1. The number of carbonyl (C=O) groups excluding carboxylic acids is 7. The Hall–Kier alpha value is -4.85. The van der Waals surface area contributed by atoms with Crippen LogP contribution in [0.15, 0.2) is 0 Å². The summed E-state index contributed by atoms with van der Waals surface area (Å²) in [4.78, 5) is 109. The quantitative estimate of drug-likeness (QED) is 0.0636. The molecular formula is C24H38N8O12. The van der Waals surface area contributed by atoms with E-state index < -0.39 is 109 Å². The molecule has 44 heavy (non-hydrogen) atoms. The molecule has 246 valence electrons. The first-order valence-corrected chi connectivity index (χ1v) is 13.4. The molecular weight excluding hydrogens is 592 g/mol. The van der Waals surface area contributed by atoms with Gasteiger partial charge in [-0.3, -0.25) is 38.4 Å². The Bertz CT molecular complexity index is 1130. The van der Waals surface area contributed by atoms with Crippen molar-refractivity contribution in [2.45, 2.75) is 75.2 Å². The molecule has 7 amide bonds. The molecule has 13 N–H and O–H groups in total. The molecule has 0 radical (unpaired) electrons. The average molecular weight is 631 g/mol. The SMILES string of the molecule is NC(=O)CC[C@H](NC(=O)[C@@H](N)CCC(=O)O)C(=O)N1CCC[C@H]1C(=O)N[C@@H](CO)C(=O)NCC(=O)N[C@@H](CC(N)=O)C(=O)O. The van der Waals surface area contributed by atoms with Crippen LogP contribution in [-0.2, 0) is 43.2 Å². The van der Waals surface area contributed by atoms with Crippen molar-refractivity contribution in [1.29, 1.82) is 0 Å². The van der Waals surface area contributed by atoms with Crippen LogP contribution in [0.5, 0.6) is 0 Å². The number of hydrogen-bond donors (Lipinski definition) is 10. The van der Waals surface area contributed by atoms with E-state index in [1.54, 1.807) is 0 Å². The number of amides is 7. The van der Waals surface area contributed by atoms with Crippen molar-refractivity contribution >= 4 is 53.3 Å². The van der Waals surface area contributed by atoms with Crippen molar-refractivity contribution in [3.8, 4) is 0 Å². The monoisotopic (exact) mass is 630 g/mol. The summed E-state index contributed by atoms with van der Waals surface area (Å²) in [5, 5.41) is 36.2. The van der Waals surface area contributed by atoms with Crippen LogP contribution in [0.2, 0.25) is 0 Å². The smallest absolute Gasteiger partial charge is 0.326 e. The second-order valence-electron chi connectivity index (χ2n) is 9.89. The van der Waals surface area contributed by atoms with Gasteiger partial charge in [0.2, 0.25) is 41.4 Å². The number of aliphatic carboxylic acids is 2. The maximum Gasteiger partial charge on any atom is 0.326 e. The van der Waals surface area contributed by atoms with E-state index in [-0.39, 0.29) is 32.2 Å². The number of carboxylic acid groups (broad SMARTS) is 2. The summed E-state index contributed by atoms with van der Waals surface area (Å²) < 4.78 is 0. The fraction of sp³-hybridized carbons (Fsp3) is 0.625. The lowest BCUT2D eigenvalue weighted by molar-refractivity contribution is -0.143. The lowest BCUT2D eigenvalue weighted by Crippen LogP contribution is -2.58. The highest BCUT2D eigenvalue weighted by atomic mass is 16.4. The number of likely N-dealkylation sites (tertiary alicyclic amines) is 1. The molecule has 0 spiro atoms. The van der Waals surface area contributed by atoms with Gasteiger partial charge in [0.1, 0.15) is 24.2 Å². The molecule has 5 atom stereocenters. The number of nitrogens with one attached hydrogen (secondary N) is 4. The lowest BCUT2D eigenvalue weighted by Gasteiger charge is -2.30. The van der Waals surface area contributed by atoms with Crippen molar-refractivity contribution in [3.63, 3.8) is 0 Å². The van der Waals surface area contributed by atoms with Crippen molar-refractivity contribution < 1.29 is 58.5 Å². The van der Waals surface area contributed by atoms with E-state index in [1.807, 2.05) is 5.32 Å². The van der Waals surface area contributed by atoms with Gasteiger partial charge >= 0.3 is 11.9 Å². The summed E-state index contributed by atoms with van der Waals surface area (Å²) in [5.41, 5.74) is 15.8. The Morgan fingerprint density at radius 1 is 0.818 bits per heavy atom. The Balaban J connectivity index is 2.88. The summed E-state index contributed by atoms with van der Waals surface area (Å²) in [7, 11) is 0. The van der Waals surface area contributed by atoms with Crippen LogP contribution in [0.25, 0.3) is 0 Å². The third-order valence-corrected chi connectivity index (χ3v) is 6.42. The van der Waals surface area contributed by atoms with Gasteiger partial charge in [-0.2, -0.15) is 0 Å². The van der Waals surface area contributed by atoms with E-state index in [1.165, 1.54) is 0 Å². The number of rotatable bonds is 19. The molecule has 1 aliphatic rings. The zero-order chi connectivity index (χ0) is 33.6. The molecule has 0 aromatic rings. The summed E-state index contributed by atoms with van der Waals surface area (Å²) in [6.45, 7) is -1.65. The van der Waals surface area contributed by atoms with Gasteiger partial charge in [-0.15, -0.1) is 0 Å². The Morgan fingerprint density at radius 2 is 1.48 bits per heavy atom. The van der Waals surface area contributed by atoms with Crippen molar-refractivity contribution in [1.82, 2.24) is 26.2 Å². The predicted octanol–water partition coefficient (Wildman–Crippen LogP) is -6.04. The summed E-state index contributed by atoms with van der Waals surface area (Å²) in [6, 6.07) is -7.03. The molecule has 1 rings (SSSR count). The minimum atomic E-state index is -1.65. The van der Waals surface area contributed by atoms with Crippen LogP contribution in [0.1, 0.15) is 44.9 Å². The zero-order valence-corrected chi connectivity index (χ0v) is 23.7. The highest BCUT2D eigenvalue weighted by molar-refractivity contribution is 5.96. The largest absolute Gasteiger partial charge is 0.481 e. The predicted molar refractivity (Wildman–Crippen MR) is 145 cm³/mol.